The second kappa shape index (κ2) is 10.2. The molecule has 0 amide bonds. The first-order chi connectivity index (χ1) is 15.2. The first-order valence-corrected chi connectivity index (χ1v) is 11.4. The van der Waals surface area contributed by atoms with E-state index in [0.717, 1.165) is 29.9 Å². The number of fused-ring (bicyclic) bond motifs is 1. The number of aromatic nitrogens is 3. The van der Waals surface area contributed by atoms with E-state index in [1.165, 1.54) is 35.1 Å². The van der Waals surface area contributed by atoms with Crippen molar-refractivity contribution in [2.45, 2.75) is 32.6 Å². The predicted molar refractivity (Wildman–Crippen MR) is 127 cm³/mol. The van der Waals surface area contributed by atoms with Gasteiger partial charge in [-0.25, -0.2) is 0 Å². The summed E-state index contributed by atoms with van der Waals surface area (Å²) < 4.78 is 7.77. The van der Waals surface area contributed by atoms with Gasteiger partial charge in [0.15, 0.2) is 5.82 Å². The van der Waals surface area contributed by atoms with Crippen molar-refractivity contribution in [1.82, 2.24) is 14.6 Å². The highest BCUT2D eigenvalue weighted by Crippen LogP contribution is 2.20. The summed E-state index contributed by atoms with van der Waals surface area (Å²) in [6, 6.07) is 17.7. The molecule has 5 nitrogen and oxygen atoms in total. The van der Waals surface area contributed by atoms with Crippen molar-refractivity contribution in [3.8, 4) is 17.1 Å². The number of allylic oxidation sites excluding steroid dienone is 1. The number of hydrogen-bond acceptors (Lipinski definition) is 5. The molecule has 4 aromatic rings. The average molecular weight is 432 g/mol. The first kappa shape index (κ1) is 21.0. The van der Waals surface area contributed by atoms with Crippen LogP contribution in [0.15, 0.2) is 65.5 Å². The fourth-order valence-electron chi connectivity index (χ4n) is 3.20. The van der Waals surface area contributed by atoms with Crippen LogP contribution in [0.25, 0.3) is 28.5 Å². The van der Waals surface area contributed by atoms with Crippen LogP contribution >= 0.6 is 11.3 Å². The lowest BCUT2D eigenvalue weighted by Gasteiger charge is -2.06. The smallest absolute Gasteiger partial charge is 0.291 e. The second-order valence-electron chi connectivity index (χ2n) is 7.27. The van der Waals surface area contributed by atoms with Crippen LogP contribution in [0.4, 0.5) is 0 Å². The highest BCUT2D eigenvalue weighted by Gasteiger charge is 2.11. The summed E-state index contributed by atoms with van der Waals surface area (Å²) in [5.74, 6) is 1.39. The van der Waals surface area contributed by atoms with Gasteiger partial charge in [-0.15, -0.1) is 5.10 Å². The van der Waals surface area contributed by atoms with Crippen molar-refractivity contribution in [2.24, 2.45) is 0 Å². The van der Waals surface area contributed by atoms with Gasteiger partial charge in [-0.1, -0.05) is 80.0 Å². The quantitative estimate of drug-likeness (QED) is 0.350. The van der Waals surface area contributed by atoms with E-state index in [2.05, 4.69) is 17.0 Å². The third kappa shape index (κ3) is 5.27. The van der Waals surface area contributed by atoms with Crippen LogP contribution in [-0.4, -0.2) is 21.2 Å². The fraction of sp³-hybridized carbons (Fsp3) is 0.240. The summed E-state index contributed by atoms with van der Waals surface area (Å²) >= 11 is 1.34. The Kier molecular flexibility index (Phi) is 6.89. The standard InChI is InChI=1S/C25H25N3O2S/c1-2-3-4-8-18-30-21-16-14-20(15-17-21)23-26-25-28(27-23)24(29)22(31-25)13-9-12-19-10-6-5-7-11-19/h5-7,9-17H,2-4,8,18H2,1H3/b12-9+,22-13-. The van der Waals surface area contributed by atoms with Gasteiger partial charge < -0.3 is 4.74 Å². The van der Waals surface area contributed by atoms with Gasteiger partial charge in [0.25, 0.3) is 5.56 Å². The Bertz CT molecular complexity index is 1260. The van der Waals surface area contributed by atoms with Gasteiger partial charge in [0, 0.05) is 5.56 Å². The van der Waals surface area contributed by atoms with E-state index in [9.17, 15) is 4.79 Å². The van der Waals surface area contributed by atoms with Crippen LogP contribution in [0, 0.1) is 0 Å². The van der Waals surface area contributed by atoms with Crippen LogP contribution in [-0.2, 0) is 0 Å². The molecular weight excluding hydrogens is 406 g/mol. The third-order valence-corrected chi connectivity index (χ3v) is 5.87. The normalized spacial score (nSPS) is 12.2. The number of benzene rings is 2. The second-order valence-corrected chi connectivity index (χ2v) is 8.28. The molecule has 2 aromatic heterocycles. The summed E-state index contributed by atoms with van der Waals surface area (Å²) in [5.41, 5.74) is 1.80. The molecule has 0 radical (unpaired) electrons. The van der Waals surface area contributed by atoms with E-state index in [4.69, 9.17) is 4.74 Å². The number of rotatable bonds is 9. The molecule has 2 heterocycles. The van der Waals surface area contributed by atoms with E-state index >= 15 is 0 Å². The zero-order valence-electron chi connectivity index (χ0n) is 17.5. The van der Waals surface area contributed by atoms with E-state index in [1.54, 1.807) is 0 Å². The Hall–Kier alpha value is -3.25. The molecule has 6 heteroatoms. The maximum absolute atomic E-state index is 12.6. The van der Waals surface area contributed by atoms with Gasteiger partial charge in [0.2, 0.25) is 4.96 Å². The van der Waals surface area contributed by atoms with Crippen molar-refractivity contribution in [1.29, 1.82) is 0 Å². The fourth-order valence-corrected chi connectivity index (χ4v) is 4.06. The molecule has 4 rings (SSSR count). The lowest BCUT2D eigenvalue weighted by atomic mass is 10.2. The van der Waals surface area contributed by atoms with Crippen LogP contribution in [0.2, 0.25) is 0 Å². The molecule has 0 atom stereocenters. The Morgan fingerprint density at radius 3 is 2.58 bits per heavy atom. The van der Waals surface area contributed by atoms with Crippen molar-refractivity contribution < 1.29 is 4.74 Å². The molecule has 2 aromatic carbocycles. The first-order valence-electron chi connectivity index (χ1n) is 10.6. The highest BCUT2D eigenvalue weighted by atomic mass is 32.1. The number of nitrogens with zero attached hydrogens (tertiary/aromatic N) is 3. The van der Waals surface area contributed by atoms with E-state index < -0.39 is 0 Å². The van der Waals surface area contributed by atoms with Gasteiger partial charge in [-0.3, -0.25) is 4.79 Å². The van der Waals surface area contributed by atoms with Crippen molar-refractivity contribution >= 4 is 28.4 Å². The topological polar surface area (TPSA) is 56.5 Å². The van der Waals surface area contributed by atoms with Crippen LogP contribution < -0.4 is 14.8 Å². The predicted octanol–water partition coefficient (Wildman–Crippen LogP) is 4.99. The molecule has 0 aliphatic rings. The molecule has 0 saturated heterocycles. The Balaban J connectivity index is 1.46. The summed E-state index contributed by atoms with van der Waals surface area (Å²) in [5, 5.41) is 4.41. The molecule has 158 valence electrons. The van der Waals surface area contributed by atoms with E-state index in [-0.39, 0.29) is 5.56 Å². The molecule has 0 spiro atoms. The van der Waals surface area contributed by atoms with E-state index in [0.29, 0.717) is 15.3 Å². The zero-order valence-corrected chi connectivity index (χ0v) is 18.3. The minimum absolute atomic E-state index is 0.150. The SMILES string of the molecule is CCCCCCOc1ccc(-c2nc3s/c(=C\C=C\c4ccccc4)c(=O)n3n2)cc1. The molecular formula is C25H25N3O2S. The minimum Gasteiger partial charge on any atom is -0.494 e. The van der Waals surface area contributed by atoms with Crippen molar-refractivity contribution in [3.05, 3.63) is 81.1 Å². The lowest BCUT2D eigenvalue weighted by molar-refractivity contribution is 0.305. The van der Waals surface area contributed by atoms with Crippen molar-refractivity contribution in [3.63, 3.8) is 0 Å². The van der Waals surface area contributed by atoms with Crippen LogP contribution in [0.3, 0.4) is 0 Å². The van der Waals surface area contributed by atoms with Gasteiger partial charge in [0.05, 0.1) is 11.1 Å². The lowest BCUT2D eigenvalue weighted by Crippen LogP contribution is -2.23. The number of hydrogen-bond donors (Lipinski definition) is 0. The summed E-state index contributed by atoms with van der Waals surface area (Å²) in [7, 11) is 0. The molecule has 0 unspecified atom stereocenters. The van der Waals surface area contributed by atoms with Gasteiger partial charge in [-0.05, 0) is 42.3 Å². The molecule has 0 N–H and O–H groups in total. The minimum atomic E-state index is -0.150. The number of thiazole rings is 1. The molecule has 0 fully saturated rings. The number of ether oxygens (including phenoxy) is 1. The van der Waals surface area contributed by atoms with Gasteiger partial charge in [-0.2, -0.15) is 9.50 Å². The molecule has 0 saturated carbocycles. The maximum Gasteiger partial charge on any atom is 0.291 e. The summed E-state index contributed by atoms with van der Waals surface area (Å²) in [4.78, 5) is 17.8. The van der Waals surface area contributed by atoms with E-state index in [1.807, 2.05) is 72.8 Å². The molecule has 0 aliphatic heterocycles. The third-order valence-electron chi connectivity index (χ3n) is 4.90. The molecule has 0 aliphatic carbocycles. The maximum atomic E-state index is 12.6. The molecule has 31 heavy (non-hydrogen) atoms. The zero-order chi connectivity index (χ0) is 21.5. The van der Waals surface area contributed by atoms with Crippen LogP contribution in [0.1, 0.15) is 38.2 Å². The average Bonchev–Trinajstić information content (AvgIpc) is 3.34. The largest absolute Gasteiger partial charge is 0.494 e. The Morgan fingerprint density at radius 2 is 1.84 bits per heavy atom. The van der Waals surface area contributed by atoms with Crippen LogP contribution in [0.5, 0.6) is 5.75 Å². The van der Waals surface area contributed by atoms with Crippen molar-refractivity contribution in [2.75, 3.05) is 6.61 Å². The Labute approximate surface area is 185 Å². The number of unbranched alkanes of at least 4 members (excludes halogenated alkanes) is 3. The summed E-state index contributed by atoms with van der Waals surface area (Å²) in [6.45, 7) is 2.93. The Morgan fingerprint density at radius 1 is 1.03 bits per heavy atom. The van der Waals surface area contributed by atoms with Gasteiger partial charge >= 0.3 is 0 Å². The monoisotopic (exact) mass is 431 g/mol. The highest BCUT2D eigenvalue weighted by molar-refractivity contribution is 7.15. The summed E-state index contributed by atoms with van der Waals surface area (Å²) in [6.07, 6.45) is 10.4. The van der Waals surface area contributed by atoms with Gasteiger partial charge in [0.1, 0.15) is 5.75 Å². The molecule has 0 bridgehead atoms.